The normalized spacial score (nSPS) is 16.0. The molecule has 0 saturated carbocycles. The maximum absolute atomic E-state index is 12.8. The number of benzene rings is 1. The summed E-state index contributed by atoms with van der Waals surface area (Å²) < 4.78 is 7.08. The van der Waals surface area contributed by atoms with Crippen LogP contribution in [-0.4, -0.2) is 27.3 Å². The Labute approximate surface area is 160 Å². The van der Waals surface area contributed by atoms with Crippen LogP contribution in [0.4, 0.5) is 4.79 Å². The van der Waals surface area contributed by atoms with Gasteiger partial charge in [-0.2, -0.15) is 0 Å². The molecule has 4 rings (SSSR count). The Balaban J connectivity index is 1.69. The fourth-order valence-electron chi connectivity index (χ4n) is 3.07. The highest BCUT2D eigenvalue weighted by molar-refractivity contribution is 6.30. The summed E-state index contributed by atoms with van der Waals surface area (Å²) in [5.74, 6) is -0.940. The van der Waals surface area contributed by atoms with E-state index in [1.165, 1.54) is 12.3 Å². The van der Waals surface area contributed by atoms with Gasteiger partial charge in [0.1, 0.15) is 11.3 Å². The van der Waals surface area contributed by atoms with E-state index >= 15 is 0 Å². The van der Waals surface area contributed by atoms with Crippen LogP contribution in [0.15, 0.2) is 71.0 Å². The lowest BCUT2D eigenvalue weighted by atomic mass is 10.1. The van der Waals surface area contributed by atoms with Gasteiger partial charge >= 0.3 is 6.03 Å². The van der Waals surface area contributed by atoms with Crippen LogP contribution < -0.4 is 5.32 Å². The average Bonchev–Trinajstić information content (AvgIpc) is 3.34. The molecule has 1 N–H and O–H groups in total. The number of aromatic nitrogens is 1. The summed E-state index contributed by atoms with van der Waals surface area (Å²) in [5, 5.41) is 2.21. The van der Waals surface area contributed by atoms with Crippen LogP contribution in [-0.2, 0) is 16.1 Å². The summed E-state index contributed by atoms with van der Waals surface area (Å²) in [6.45, 7) is 1.93. The van der Waals surface area contributed by atoms with Crippen LogP contribution >= 0.6 is 0 Å². The number of amides is 4. The molecule has 2 aromatic heterocycles. The van der Waals surface area contributed by atoms with Gasteiger partial charge in [0.15, 0.2) is 0 Å². The second-order valence-corrected chi connectivity index (χ2v) is 6.43. The summed E-state index contributed by atoms with van der Waals surface area (Å²) in [6.07, 6.45) is 4.79. The van der Waals surface area contributed by atoms with Crippen molar-refractivity contribution in [3.05, 3.63) is 83.6 Å². The molecule has 0 radical (unpaired) electrons. The number of rotatable bonds is 4. The second-order valence-electron chi connectivity index (χ2n) is 6.43. The molecule has 0 unspecified atom stereocenters. The van der Waals surface area contributed by atoms with E-state index in [0.29, 0.717) is 11.5 Å². The molecule has 1 saturated heterocycles. The molecule has 0 atom stereocenters. The number of urea groups is 1. The monoisotopic (exact) mass is 375 g/mol. The SMILES string of the molecule is Cc1cccc(-n2cccc2/C=C2\C(=O)NC(=O)N(Cc3ccco3)C2=O)c1. The van der Waals surface area contributed by atoms with Gasteiger partial charge in [0, 0.05) is 17.6 Å². The largest absolute Gasteiger partial charge is 0.467 e. The van der Waals surface area contributed by atoms with Gasteiger partial charge in [-0.3, -0.25) is 19.8 Å². The lowest BCUT2D eigenvalue weighted by Crippen LogP contribution is -2.53. The Morgan fingerprint density at radius 3 is 2.68 bits per heavy atom. The van der Waals surface area contributed by atoms with E-state index in [0.717, 1.165) is 16.2 Å². The molecule has 1 aliphatic rings. The van der Waals surface area contributed by atoms with Crippen molar-refractivity contribution in [2.24, 2.45) is 0 Å². The van der Waals surface area contributed by atoms with Gasteiger partial charge in [0.25, 0.3) is 11.8 Å². The molecular formula is C21H17N3O4. The molecule has 0 bridgehead atoms. The predicted molar refractivity (Wildman–Crippen MR) is 101 cm³/mol. The van der Waals surface area contributed by atoms with Gasteiger partial charge in [-0.25, -0.2) is 4.79 Å². The minimum atomic E-state index is -0.766. The van der Waals surface area contributed by atoms with Gasteiger partial charge < -0.3 is 8.98 Å². The van der Waals surface area contributed by atoms with E-state index < -0.39 is 17.8 Å². The Morgan fingerprint density at radius 1 is 1.07 bits per heavy atom. The molecule has 0 aliphatic carbocycles. The van der Waals surface area contributed by atoms with E-state index in [2.05, 4.69) is 5.32 Å². The molecule has 3 aromatic rings. The average molecular weight is 375 g/mol. The highest BCUT2D eigenvalue weighted by Gasteiger charge is 2.36. The van der Waals surface area contributed by atoms with E-state index in [1.807, 2.05) is 48.0 Å². The summed E-state index contributed by atoms with van der Waals surface area (Å²) in [5.41, 5.74) is 2.53. The van der Waals surface area contributed by atoms with Gasteiger partial charge in [0.05, 0.1) is 12.8 Å². The maximum Gasteiger partial charge on any atom is 0.331 e. The fraction of sp³-hybridized carbons (Fsp3) is 0.0952. The third-order valence-corrected chi connectivity index (χ3v) is 4.43. The quantitative estimate of drug-likeness (QED) is 0.561. The van der Waals surface area contributed by atoms with Crippen molar-refractivity contribution >= 4 is 23.9 Å². The first-order chi connectivity index (χ1) is 13.5. The van der Waals surface area contributed by atoms with Crippen molar-refractivity contribution in [3.63, 3.8) is 0 Å². The van der Waals surface area contributed by atoms with Crippen LogP contribution in [0.1, 0.15) is 17.0 Å². The molecule has 1 aromatic carbocycles. The minimum Gasteiger partial charge on any atom is -0.467 e. The topological polar surface area (TPSA) is 84.6 Å². The van der Waals surface area contributed by atoms with E-state index in [1.54, 1.807) is 18.2 Å². The predicted octanol–water partition coefficient (Wildman–Crippen LogP) is 3.04. The number of imide groups is 2. The first-order valence-corrected chi connectivity index (χ1v) is 8.68. The van der Waals surface area contributed by atoms with E-state index in [-0.39, 0.29) is 12.1 Å². The van der Waals surface area contributed by atoms with Crippen LogP contribution in [0.25, 0.3) is 11.8 Å². The number of aryl methyl sites for hydroxylation is 1. The third-order valence-electron chi connectivity index (χ3n) is 4.43. The smallest absolute Gasteiger partial charge is 0.331 e. The summed E-state index contributed by atoms with van der Waals surface area (Å²) >= 11 is 0. The highest BCUT2D eigenvalue weighted by Crippen LogP contribution is 2.20. The molecule has 0 spiro atoms. The van der Waals surface area contributed by atoms with Crippen molar-refractivity contribution in [2.45, 2.75) is 13.5 Å². The number of carbonyl (C=O) groups is 3. The molecule has 1 fully saturated rings. The second kappa shape index (κ2) is 7.03. The number of hydrogen-bond acceptors (Lipinski definition) is 4. The highest BCUT2D eigenvalue weighted by atomic mass is 16.3. The minimum absolute atomic E-state index is 0.0544. The summed E-state index contributed by atoms with van der Waals surface area (Å²) in [4.78, 5) is 38.2. The molecule has 140 valence electrons. The molecule has 3 heterocycles. The summed E-state index contributed by atoms with van der Waals surface area (Å²) in [6, 6.07) is 14.0. The Hall–Kier alpha value is -3.87. The number of hydrogen-bond donors (Lipinski definition) is 1. The van der Waals surface area contributed by atoms with Crippen molar-refractivity contribution in [1.82, 2.24) is 14.8 Å². The van der Waals surface area contributed by atoms with Crippen molar-refractivity contribution in [1.29, 1.82) is 0 Å². The lowest BCUT2D eigenvalue weighted by molar-refractivity contribution is -0.130. The number of barbiturate groups is 1. The van der Waals surface area contributed by atoms with Crippen molar-refractivity contribution < 1.29 is 18.8 Å². The van der Waals surface area contributed by atoms with Crippen molar-refractivity contribution in [2.75, 3.05) is 0 Å². The molecule has 4 amide bonds. The standard InChI is InChI=1S/C21H17N3O4/c1-14-5-2-6-15(11-14)23-9-3-7-16(23)12-18-19(25)22-21(27)24(20(18)26)13-17-8-4-10-28-17/h2-12H,13H2,1H3,(H,22,25,27)/b18-12+. The summed E-state index contributed by atoms with van der Waals surface area (Å²) in [7, 11) is 0. The van der Waals surface area contributed by atoms with Crippen molar-refractivity contribution in [3.8, 4) is 5.69 Å². The lowest BCUT2D eigenvalue weighted by Gasteiger charge is -2.25. The fourth-order valence-corrected chi connectivity index (χ4v) is 3.07. The molecule has 1 aliphatic heterocycles. The molecule has 28 heavy (non-hydrogen) atoms. The Bertz CT molecular complexity index is 1090. The number of nitrogens with zero attached hydrogens (tertiary/aromatic N) is 2. The zero-order valence-electron chi connectivity index (χ0n) is 15.1. The zero-order valence-corrected chi connectivity index (χ0v) is 15.1. The van der Waals surface area contributed by atoms with Crippen LogP contribution in [0.5, 0.6) is 0 Å². The third kappa shape index (κ3) is 3.25. The molecule has 7 heteroatoms. The number of nitrogens with one attached hydrogen (secondary N) is 1. The van der Waals surface area contributed by atoms with Gasteiger partial charge in [0.2, 0.25) is 0 Å². The molecular weight excluding hydrogens is 358 g/mol. The van der Waals surface area contributed by atoms with Crippen LogP contribution in [0, 0.1) is 6.92 Å². The Morgan fingerprint density at radius 2 is 1.93 bits per heavy atom. The first-order valence-electron chi connectivity index (χ1n) is 8.68. The molecule has 7 nitrogen and oxygen atoms in total. The van der Waals surface area contributed by atoms with E-state index in [9.17, 15) is 14.4 Å². The zero-order chi connectivity index (χ0) is 19.7. The van der Waals surface area contributed by atoms with Gasteiger partial charge in [-0.15, -0.1) is 0 Å². The number of furan rings is 1. The maximum atomic E-state index is 12.8. The van der Waals surface area contributed by atoms with E-state index in [4.69, 9.17) is 4.42 Å². The number of carbonyl (C=O) groups excluding carboxylic acids is 3. The first kappa shape index (κ1) is 17.5. The Kier molecular flexibility index (Phi) is 4.41. The van der Waals surface area contributed by atoms with Crippen LogP contribution in [0.2, 0.25) is 0 Å². The van der Waals surface area contributed by atoms with Gasteiger partial charge in [-0.05, 0) is 55.0 Å². The van der Waals surface area contributed by atoms with Gasteiger partial charge in [-0.1, -0.05) is 12.1 Å². The van der Waals surface area contributed by atoms with Crippen LogP contribution in [0.3, 0.4) is 0 Å².